The molecule has 3 N–H and O–H groups in total. The lowest BCUT2D eigenvalue weighted by atomic mass is 9.90. The summed E-state index contributed by atoms with van der Waals surface area (Å²) in [6.07, 6.45) is 8.92. The van der Waals surface area contributed by atoms with Crippen molar-refractivity contribution in [3.8, 4) is 0 Å². The summed E-state index contributed by atoms with van der Waals surface area (Å²) in [5, 5.41) is 8.60. The molecule has 1 aliphatic carbocycles. The van der Waals surface area contributed by atoms with Crippen LogP contribution in [-0.2, 0) is 4.79 Å². The van der Waals surface area contributed by atoms with Crippen molar-refractivity contribution in [1.82, 2.24) is 0 Å². The van der Waals surface area contributed by atoms with E-state index in [0.717, 1.165) is 18.8 Å². The van der Waals surface area contributed by atoms with Crippen molar-refractivity contribution < 1.29 is 9.90 Å². The molecule has 2 atom stereocenters. The Bertz CT molecular complexity index is 212. The average molecular weight is 227 g/mol. The first-order valence-electron chi connectivity index (χ1n) is 6.55. The first kappa shape index (κ1) is 13.5. The van der Waals surface area contributed by atoms with Gasteiger partial charge in [0, 0.05) is 6.04 Å². The fourth-order valence-corrected chi connectivity index (χ4v) is 2.76. The fourth-order valence-electron chi connectivity index (χ4n) is 2.76. The zero-order valence-electron chi connectivity index (χ0n) is 10.3. The Balaban J connectivity index is 2.08. The van der Waals surface area contributed by atoms with E-state index in [1.807, 2.05) is 0 Å². The summed E-state index contributed by atoms with van der Waals surface area (Å²) >= 11 is 0. The molecule has 0 aromatic carbocycles. The Hall–Kier alpha value is -0.570. The third kappa shape index (κ3) is 5.50. The van der Waals surface area contributed by atoms with Gasteiger partial charge in [0.25, 0.3) is 0 Å². The van der Waals surface area contributed by atoms with Gasteiger partial charge in [-0.3, -0.25) is 4.79 Å². The van der Waals surface area contributed by atoms with Crippen LogP contribution >= 0.6 is 0 Å². The van der Waals surface area contributed by atoms with Gasteiger partial charge >= 0.3 is 5.97 Å². The summed E-state index contributed by atoms with van der Waals surface area (Å²) in [7, 11) is 0. The molecular weight excluding hydrogens is 202 g/mol. The molecule has 94 valence electrons. The van der Waals surface area contributed by atoms with Crippen molar-refractivity contribution in [2.45, 2.75) is 64.3 Å². The maximum absolute atomic E-state index is 10.5. The molecule has 3 heteroatoms. The van der Waals surface area contributed by atoms with E-state index in [0.29, 0.717) is 5.92 Å². The van der Waals surface area contributed by atoms with Gasteiger partial charge in [0.2, 0.25) is 0 Å². The molecule has 0 saturated heterocycles. The van der Waals surface area contributed by atoms with Crippen molar-refractivity contribution in [2.24, 2.45) is 17.6 Å². The van der Waals surface area contributed by atoms with Gasteiger partial charge in [-0.05, 0) is 31.1 Å². The molecule has 16 heavy (non-hydrogen) atoms. The first-order chi connectivity index (χ1) is 7.58. The molecule has 1 aliphatic rings. The van der Waals surface area contributed by atoms with E-state index in [1.54, 1.807) is 0 Å². The third-order valence-electron chi connectivity index (χ3n) is 3.68. The second kappa shape index (κ2) is 6.89. The minimum Gasteiger partial charge on any atom is -0.481 e. The normalized spacial score (nSPS) is 20.9. The molecule has 0 bridgehead atoms. The van der Waals surface area contributed by atoms with E-state index >= 15 is 0 Å². The molecule has 1 saturated carbocycles. The molecular formula is C13H25NO2. The highest BCUT2D eigenvalue weighted by atomic mass is 16.4. The summed E-state index contributed by atoms with van der Waals surface area (Å²) in [5.74, 6) is 0.838. The maximum atomic E-state index is 10.5. The average Bonchev–Trinajstić information content (AvgIpc) is 2.66. The van der Waals surface area contributed by atoms with Gasteiger partial charge in [0.05, 0.1) is 6.42 Å². The highest BCUT2D eigenvalue weighted by Crippen LogP contribution is 2.31. The number of rotatable bonds is 7. The number of carboxylic acid groups (broad SMARTS) is 1. The number of carboxylic acids is 1. The Morgan fingerprint density at radius 1 is 1.38 bits per heavy atom. The summed E-state index contributed by atoms with van der Waals surface area (Å²) in [5.41, 5.74) is 5.75. The lowest BCUT2D eigenvalue weighted by Crippen LogP contribution is -2.24. The second-order valence-corrected chi connectivity index (χ2v) is 5.43. The lowest BCUT2D eigenvalue weighted by Gasteiger charge is -2.17. The van der Waals surface area contributed by atoms with Gasteiger partial charge in [-0.1, -0.05) is 32.6 Å². The minimum absolute atomic E-state index is 0.107. The van der Waals surface area contributed by atoms with Crippen LogP contribution in [0.15, 0.2) is 0 Å². The van der Waals surface area contributed by atoms with E-state index < -0.39 is 5.97 Å². The van der Waals surface area contributed by atoms with E-state index in [-0.39, 0.29) is 12.5 Å². The topological polar surface area (TPSA) is 63.3 Å². The molecule has 0 aromatic heterocycles. The zero-order chi connectivity index (χ0) is 12.0. The predicted molar refractivity (Wildman–Crippen MR) is 65.2 cm³/mol. The van der Waals surface area contributed by atoms with Crippen LogP contribution in [0.2, 0.25) is 0 Å². The molecule has 0 spiro atoms. The molecule has 0 aromatic rings. The summed E-state index contributed by atoms with van der Waals surface area (Å²) in [6, 6.07) is -0.163. The number of hydrogen-bond acceptors (Lipinski definition) is 2. The van der Waals surface area contributed by atoms with E-state index in [2.05, 4.69) is 6.92 Å². The van der Waals surface area contributed by atoms with E-state index in [1.165, 1.54) is 32.1 Å². The van der Waals surface area contributed by atoms with Crippen LogP contribution in [0.1, 0.15) is 58.3 Å². The highest BCUT2D eigenvalue weighted by Gasteiger charge is 2.18. The molecule has 0 radical (unpaired) electrons. The Morgan fingerprint density at radius 3 is 2.56 bits per heavy atom. The maximum Gasteiger partial charge on any atom is 0.304 e. The molecule has 3 nitrogen and oxygen atoms in total. The number of carbonyl (C=O) groups is 1. The van der Waals surface area contributed by atoms with Crippen LogP contribution in [0.3, 0.4) is 0 Å². The quantitative estimate of drug-likeness (QED) is 0.703. The monoisotopic (exact) mass is 227 g/mol. The van der Waals surface area contributed by atoms with Crippen LogP contribution in [-0.4, -0.2) is 17.1 Å². The van der Waals surface area contributed by atoms with Crippen LogP contribution in [0.4, 0.5) is 0 Å². The third-order valence-corrected chi connectivity index (χ3v) is 3.68. The van der Waals surface area contributed by atoms with Crippen molar-refractivity contribution >= 4 is 5.97 Å². The summed E-state index contributed by atoms with van der Waals surface area (Å²) in [4.78, 5) is 10.5. The van der Waals surface area contributed by atoms with Gasteiger partial charge in [-0.2, -0.15) is 0 Å². The van der Waals surface area contributed by atoms with Crippen LogP contribution in [0.5, 0.6) is 0 Å². The number of aliphatic carboxylic acids is 1. The first-order valence-corrected chi connectivity index (χ1v) is 6.55. The van der Waals surface area contributed by atoms with Gasteiger partial charge in [0.15, 0.2) is 0 Å². The van der Waals surface area contributed by atoms with Crippen molar-refractivity contribution in [2.75, 3.05) is 0 Å². The van der Waals surface area contributed by atoms with E-state index in [9.17, 15) is 4.79 Å². The molecule has 0 heterocycles. The summed E-state index contributed by atoms with van der Waals surface area (Å²) in [6.45, 7) is 2.27. The van der Waals surface area contributed by atoms with Gasteiger partial charge < -0.3 is 10.8 Å². The Kier molecular flexibility index (Phi) is 5.81. The van der Waals surface area contributed by atoms with Gasteiger partial charge in [-0.25, -0.2) is 0 Å². The van der Waals surface area contributed by atoms with Crippen LogP contribution in [0.25, 0.3) is 0 Å². The Labute approximate surface area is 98.4 Å². The van der Waals surface area contributed by atoms with Crippen molar-refractivity contribution in [3.05, 3.63) is 0 Å². The standard InChI is InChI=1S/C13H25NO2/c1-10(8-11-4-2-3-5-11)6-7-12(14)9-13(15)16/h10-12H,2-9,14H2,1H3,(H,15,16). The molecule has 1 fully saturated rings. The van der Waals surface area contributed by atoms with Crippen LogP contribution in [0, 0.1) is 11.8 Å². The van der Waals surface area contributed by atoms with Crippen molar-refractivity contribution in [1.29, 1.82) is 0 Å². The SMILES string of the molecule is CC(CCC(N)CC(=O)O)CC1CCCC1. The van der Waals surface area contributed by atoms with E-state index in [4.69, 9.17) is 10.8 Å². The highest BCUT2D eigenvalue weighted by molar-refractivity contribution is 5.67. The second-order valence-electron chi connectivity index (χ2n) is 5.43. The van der Waals surface area contributed by atoms with Crippen LogP contribution < -0.4 is 5.73 Å². The van der Waals surface area contributed by atoms with Gasteiger partial charge in [-0.15, -0.1) is 0 Å². The predicted octanol–water partition coefficient (Wildman–Crippen LogP) is 2.79. The molecule has 2 unspecified atom stereocenters. The molecule has 0 aliphatic heterocycles. The minimum atomic E-state index is -0.782. The van der Waals surface area contributed by atoms with Gasteiger partial charge in [0.1, 0.15) is 0 Å². The number of nitrogens with two attached hydrogens (primary N) is 1. The Morgan fingerprint density at radius 2 is 2.00 bits per heavy atom. The largest absolute Gasteiger partial charge is 0.481 e. The lowest BCUT2D eigenvalue weighted by molar-refractivity contribution is -0.137. The molecule has 0 amide bonds. The van der Waals surface area contributed by atoms with Crippen molar-refractivity contribution in [3.63, 3.8) is 0 Å². The smallest absolute Gasteiger partial charge is 0.304 e. The zero-order valence-corrected chi connectivity index (χ0v) is 10.3. The number of hydrogen-bond donors (Lipinski definition) is 2. The fraction of sp³-hybridized carbons (Fsp3) is 0.923. The molecule has 1 rings (SSSR count). The summed E-state index contributed by atoms with van der Waals surface area (Å²) < 4.78 is 0.